The molecular weight excluding hydrogens is 523 g/mol. The van der Waals surface area contributed by atoms with E-state index in [1.54, 1.807) is 78.9 Å². The number of carbonyl (C=O) groups excluding carboxylic acids is 3. The summed E-state index contributed by atoms with van der Waals surface area (Å²) >= 11 is 12.6. The van der Waals surface area contributed by atoms with Crippen molar-refractivity contribution in [3.63, 3.8) is 0 Å². The predicted octanol–water partition coefficient (Wildman–Crippen LogP) is 6.13. The lowest BCUT2D eigenvalue weighted by molar-refractivity contribution is -0.123. The first-order valence-corrected chi connectivity index (χ1v) is 12.4. The quantitative estimate of drug-likeness (QED) is 0.327. The van der Waals surface area contributed by atoms with Gasteiger partial charge in [-0.25, -0.2) is 0 Å². The number of amides is 3. The highest BCUT2D eigenvalue weighted by molar-refractivity contribution is 8.18. The molecule has 184 valence electrons. The number of halogens is 2. The second-order valence-electron chi connectivity index (χ2n) is 7.55. The molecule has 3 aromatic carbocycles. The minimum atomic E-state index is -0.390. The molecule has 3 aromatic rings. The molecule has 1 aliphatic rings. The lowest BCUT2D eigenvalue weighted by Gasteiger charge is -2.13. The molecule has 1 heterocycles. The number of nitrogens with one attached hydrogen (secondary N) is 1. The number of imide groups is 1. The van der Waals surface area contributed by atoms with Gasteiger partial charge in [-0.15, -0.1) is 0 Å². The molecule has 0 aliphatic carbocycles. The second kappa shape index (κ2) is 12.0. The Morgan fingerprint density at radius 1 is 0.917 bits per heavy atom. The van der Waals surface area contributed by atoms with Crippen LogP contribution in [0.1, 0.15) is 5.56 Å². The Morgan fingerprint density at radius 2 is 1.61 bits per heavy atom. The van der Waals surface area contributed by atoms with E-state index < -0.39 is 5.91 Å². The molecule has 0 unspecified atom stereocenters. The van der Waals surface area contributed by atoms with Gasteiger partial charge >= 0.3 is 0 Å². The summed E-state index contributed by atoms with van der Waals surface area (Å²) in [5, 5.41) is 3.52. The number of thioether (sulfide) groups is 1. The van der Waals surface area contributed by atoms with Crippen molar-refractivity contribution in [1.82, 2.24) is 4.90 Å². The van der Waals surface area contributed by atoms with Crippen LogP contribution in [0.5, 0.6) is 11.5 Å². The van der Waals surface area contributed by atoms with E-state index in [1.807, 2.05) is 0 Å². The summed E-state index contributed by atoms with van der Waals surface area (Å²) in [6, 6.07) is 20.5. The van der Waals surface area contributed by atoms with Gasteiger partial charge in [0.25, 0.3) is 17.1 Å². The SMILES string of the molecule is O=C(COc1cccc(/C=C2\SC(=O)N(CCOc3ccc(Cl)cc3)C2=O)c1)Nc1ccc(Cl)cc1. The summed E-state index contributed by atoms with van der Waals surface area (Å²) in [6.07, 6.45) is 1.62. The summed E-state index contributed by atoms with van der Waals surface area (Å²) in [7, 11) is 0. The van der Waals surface area contributed by atoms with Crippen molar-refractivity contribution in [2.75, 3.05) is 25.1 Å². The van der Waals surface area contributed by atoms with E-state index in [0.717, 1.165) is 16.7 Å². The minimum absolute atomic E-state index is 0.122. The highest BCUT2D eigenvalue weighted by Crippen LogP contribution is 2.32. The van der Waals surface area contributed by atoms with E-state index in [4.69, 9.17) is 32.7 Å². The summed E-state index contributed by atoms with van der Waals surface area (Å²) in [6.45, 7) is 0.0844. The molecule has 1 N–H and O–H groups in total. The van der Waals surface area contributed by atoms with E-state index in [-0.39, 0.29) is 30.9 Å². The fourth-order valence-corrected chi connectivity index (χ4v) is 4.32. The number of benzene rings is 3. The van der Waals surface area contributed by atoms with Gasteiger partial charge in [0.15, 0.2) is 6.61 Å². The van der Waals surface area contributed by atoms with Gasteiger partial charge in [0.1, 0.15) is 18.1 Å². The third kappa shape index (κ3) is 7.04. The van der Waals surface area contributed by atoms with Gasteiger partial charge in [0.05, 0.1) is 11.4 Å². The van der Waals surface area contributed by atoms with Crippen molar-refractivity contribution in [3.05, 3.63) is 93.3 Å². The van der Waals surface area contributed by atoms with E-state index in [2.05, 4.69) is 5.32 Å². The smallest absolute Gasteiger partial charge is 0.293 e. The van der Waals surface area contributed by atoms with Gasteiger partial charge in [0.2, 0.25) is 0 Å². The summed E-state index contributed by atoms with van der Waals surface area (Å²) in [5.74, 6) is 0.328. The first-order chi connectivity index (χ1) is 17.4. The maximum absolute atomic E-state index is 12.8. The highest BCUT2D eigenvalue weighted by Gasteiger charge is 2.34. The maximum atomic E-state index is 12.8. The Kier molecular flexibility index (Phi) is 8.53. The fourth-order valence-electron chi connectivity index (χ4n) is 3.20. The molecule has 0 bridgehead atoms. The molecule has 1 fully saturated rings. The third-order valence-electron chi connectivity index (χ3n) is 4.92. The lowest BCUT2D eigenvalue weighted by Crippen LogP contribution is -2.32. The van der Waals surface area contributed by atoms with Crippen LogP contribution in [-0.4, -0.2) is 41.7 Å². The Morgan fingerprint density at radius 3 is 2.33 bits per heavy atom. The molecule has 36 heavy (non-hydrogen) atoms. The molecule has 1 saturated heterocycles. The topological polar surface area (TPSA) is 84.9 Å². The number of rotatable bonds is 9. The second-order valence-corrected chi connectivity index (χ2v) is 9.42. The molecule has 0 radical (unpaired) electrons. The Hall–Kier alpha value is -3.46. The zero-order chi connectivity index (χ0) is 25.5. The predicted molar refractivity (Wildman–Crippen MR) is 142 cm³/mol. The molecule has 0 spiro atoms. The van der Waals surface area contributed by atoms with Crippen LogP contribution >= 0.6 is 35.0 Å². The highest BCUT2D eigenvalue weighted by atomic mass is 35.5. The molecule has 7 nitrogen and oxygen atoms in total. The first-order valence-electron chi connectivity index (χ1n) is 10.8. The van der Waals surface area contributed by atoms with Crippen LogP contribution in [0.25, 0.3) is 6.08 Å². The maximum Gasteiger partial charge on any atom is 0.293 e. The van der Waals surface area contributed by atoms with Crippen LogP contribution in [0.4, 0.5) is 10.5 Å². The van der Waals surface area contributed by atoms with Crippen LogP contribution in [0, 0.1) is 0 Å². The number of ether oxygens (including phenoxy) is 2. The number of hydrogen-bond donors (Lipinski definition) is 1. The number of anilines is 1. The largest absolute Gasteiger partial charge is 0.492 e. The van der Waals surface area contributed by atoms with Crippen molar-refractivity contribution in [2.24, 2.45) is 0 Å². The zero-order valence-electron chi connectivity index (χ0n) is 18.8. The molecule has 10 heteroatoms. The van der Waals surface area contributed by atoms with Crippen molar-refractivity contribution in [2.45, 2.75) is 0 Å². The average Bonchev–Trinajstić information content (AvgIpc) is 3.13. The number of hydrogen-bond acceptors (Lipinski definition) is 6. The lowest BCUT2D eigenvalue weighted by atomic mass is 10.2. The Bertz CT molecular complexity index is 1300. The summed E-state index contributed by atoms with van der Waals surface area (Å²) in [5.41, 5.74) is 1.27. The normalized spacial score (nSPS) is 14.3. The van der Waals surface area contributed by atoms with E-state index in [1.165, 1.54) is 0 Å². The van der Waals surface area contributed by atoms with Crippen LogP contribution in [0.15, 0.2) is 77.7 Å². The summed E-state index contributed by atoms with van der Waals surface area (Å²) < 4.78 is 11.2. The molecular formula is C26H20Cl2N2O5S. The molecule has 3 amide bonds. The van der Waals surface area contributed by atoms with Crippen LogP contribution < -0.4 is 14.8 Å². The van der Waals surface area contributed by atoms with Crippen molar-refractivity contribution >= 4 is 63.8 Å². The van der Waals surface area contributed by atoms with Crippen LogP contribution in [0.2, 0.25) is 10.0 Å². The minimum Gasteiger partial charge on any atom is -0.492 e. The van der Waals surface area contributed by atoms with E-state index >= 15 is 0 Å². The third-order valence-corrected chi connectivity index (χ3v) is 6.34. The van der Waals surface area contributed by atoms with E-state index in [0.29, 0.717) is 37.7 Å². The zero-order valence-corrected chi connectivity index (χ0v) is 21.1. The summed E-state index contributed by atoms with van der Waals surface area (Å²) in [4.78, 5) is 38.7. The van der Waals surface area contributed by atoms with Gasteiger partial charge in [0, 0.05) is 15.7 Å². The van der Waals surface area contributed by atoms with Crippen LogP contribution in [-0.2, 0) is 9.59 Å². The standard InChI is InChI=1S/C26H20Cl2N2O5S/c27-18-4-8-20(9-5-18)29-24(31)16-35-22-3-1-2-17(14-22)15-23-25(32)30(26(33)36-23)12-13-34-21-10-6-19(28)7-11-21/h1-11,14-15H,12-13,16H2,(H,29,31)/b23-15-. The van der Waals surface area contributed by atoms with Crippen molar-refractivity contribution < 1.29 is 23.9 Å². The van der Waals surface area contributed by atoms with Gasteiger partial charge in [-0.2, -0.15) is 0 Å². The van der Waals surface area contributed by atoms with Crippen molar-refractivity contribution in [1.29, 1.82) is 0 Å². The molecule has 0 atom stereocenters. The molecule has 1 aliphatic heterocycles. The van der Waals surface area contributed by atoms with Gasteiger partial charge < -0.3 is 14.8 Å². The number of carbonyl (C=O) groups is 3. The Labute approximate surface area is 222 Å². The van der Waals surface area contributed by atoms with Gasteiger partial charge in [-0.05, 0) is 84.1 Å². The van der Waals surface area contributed by atoms with Gasteiger partial charge in [-0.1, -0.05) is 35.3 Å². The molecule has 0 saturated carbocycles. The fraction of sp³-hybridized carbons (Fsp3) is 0.115. The first kappa shape index (κ1) is 25.6. The average molecular weight is 543 g/mol. The molecule has 4 rings (SSSR count). The molecule has 0 aromatic heterocycles. The van der Waals surface area contributed by atoms with Gasteiger partial charge in [-0.3, -0.25) is 19.3 Å². The Balaban J connectivity index is 1.31. The van der Waals surface area contributed by atoms with Crippen LogP contribution in [0.3, 0.4) is 0 Å². The van der Waals surface area contributed by atoms with E-state index in [9.17, 15) is 14.4 Å². The van der Waals surface area contributed by atoms with Crippen molar-refractivity contribution in [3.8, 4) is 11.5 Å². The number of nitrogens with zero attached hydrogens (tertiary/aromatic N) is 1. The monoisotopic (exact) mass is 542 g/mol.